The van der Waals surface area contributed by atoms with Crippen molar-refractivity contribution in [1.82, 2.24) is 25.0 Å². The third-order valence-electron chi connectivity index (χ3n) is 4.89. The lowest BCUT2D eigenvalue weighted by Crippen LogP contribution is -2.46. The minimum Gasteiger partial charge on any atom is -0.388 e. The van der Waals surface area contributed by atoms with Crippen molar-refractivity contribution in [2.45, 2.75) is 31.9 Å². The first-order valence-electron chi connectivity index (χ1n) is 8.68. The normalized spacial score (nSPS) is 18.0. The molecule has 2 heterocycles. The average Bonchev–Trinajstić information content (AvgIpc) is 3.08. The van der Waals surface area contributed by atoms with E-state index in [9.17, 15) is 9.90 Å². The minimum atomic E-state index is -0.469. The molecular weight excluding hydrogens is 318 g/mol. The summed E-state index contributed by atoms with van der Waals surface area (Å²) in [4.78, 5) is 14.3. The highest BCUT2D eigenvalue weighted by atomic mass is 16.3. The minimum absolute atomic E-state index is 0.0943. The van der Waals surface area contributed by atoms with Gasteiger partial charge in [0, 0.05) is 20.1 Å². The lowest BCUT2D eigenvalue weighted by atomic mass is 9.87. The van der Waals surface area contributed by atoms with E-state index in [0.29, 0.717) is 13.1 Å². The van der Waals surface area contributed by atoms with E-state index in [4.69, 9.17) is 0 Å². The molecule has 2 atom stereocenters. The maximum Gasteiger partial charge on any atom is 0.317 e. The van der Waals surface area contributed by atoms with Crippen LogP contribution < -0.4 is 5.32 Å². The van der Waals surface area contributed by atoms with Crippen LogP contribution in [0.2, 0.25) is 0 Å². The number of aromatic nitrogens is 3. The zero-order chi connectivity index (χ0) is 17.8. The SMILES string of the molecule is C[C@@H](NC(=O)N1CCC([C@H](O)c2ccccc2)CC1)c1nncn1C. The summed E-state index contributed by atoms with van der Waals surface area (Å²) in [5, 5.41) is 21.4. The molecule has 2 N–H and O–H groups in total. The number of carbonyl (C=O) groups is 1. The summed E-state index contributed by atoms with van der Waals surface area (Å²) in [6.07, 6.45) is 2.74. The lowest BCUT2D eigenvalue weighted by Gasteiger charge is -2.34. The molecule has 1 aromatic carbocycles. The third kappa shape index (κ3) is 3.99. The largest absolute Gasteiger partial charge is 0.388 e. The monoisotopic (exact) mass is 343 g/mol. The Morgan fingerprint density at radius 2 is 1.96 bits per heavy atom. The number of benzene rings is 1. The van der Waals surface area contributed by atoms with E-state index in [1.807, 2.05) is 44.3 Å². The lowest BCUT2D eigenvalue weighted by molar-refractivity contribution is 0.0661. The second-order valence-corrected chi connectivity index (χ2v) is 6.65. The molecule has 7 heteroatoms. The number of urea groups is 1. The predicted molar refractivity (Wildman–Crippen MR) is 93.6 cm³/mol. The number of amides is 2. The van der Waals surface area contributed by atoms with Crippen LogP contribution in [0.5, 0.6) is 0 Å². The maximum absolute atomic E-state index is 12.5. The Morgan fingerprint density at radius 3 is 2.56 bits per heavy atom. The van der Waals surface area contributed by atoms with Crippen molar-refractivity contribution in [3.05, 3.63) is 48.0 Å². The van der Waals surface area contributed by atoms with Crippen LogP contribution >= 0.6 is 0 Å². The van der Waals surface area contributed by atoms with Crippen LogP contribution in [0, 0.1) is 5.92 Å². The molecule has 1 aliphatic rings. The van der Waals surface area contributed by atoms with E-state index in [-0.39, 0.29) is 18.0 Å². The molecule has 0 radical (unpaired) electrons. The Labute approximate surface area is 147 Å². The van der Waals surface area contributed by atoms with Gasteiger partial charge in [0.05, 0.1) is 12.1 Å². The van der Waals surface area contributed by atoms with Crippen molar-refractivity contribution in [1.29, 1.82) is 0 Å². The highest BCUT2D eigenvalue weighted by molar-refractivity contribution is 5.74. The maximum atomic E-state index is 12.5. The Bertz CT molecular complexity index is 695. The van der Waals surface area contributed by atoms with Gasteiger partial charge in [-0.15, -0.1) is 10.2 Å². The summed E-state index contributed by atoms with van der Waals surface area (Å²) in [6, 6.07) is 9.43. The molecule has 1 fully saturated rings. The number of nitrogens with zero attached hydrogens (tertiary/aromatic N) is 4. The summed E-state index contributed by atoms with van der Waals surface area (Å²) in [5.74, 6) is 0.908. The predicted octanol–water partition coefficient (Wildman–Crippen LogP) is 2.03. The molecule has 3 rings (SSSR count). The molecule has 7 nitrogen and oxygen atoms in total. The van der Waals surface area contributed by atoms with Crippen molar-refractivity contribution < 1.29 is 9.90 Å². The van der Waals surface area contributed by atoms with Gasteiger partial charge in [0.15, 0.2) is 5.82 Å². The fraction of sp³-hybridized carbons (Fsp3) is 0.500. The molecule has 1 aromatic heterocycles. The molecule has 2 amide bonds. The number of likely N-dealkylation sites (tertiary alicyclic amines) is 1. The first-order chi connectivity index (χ1) is 12.1. The number of piperidine rings is 1. The smallest absolute Gasteiger partial charge is 0.317 e. The number of rotatable bonds is 4. The molecule has 0 saturated carbocycles. The number of aliphatic hydroxyl groups is 1. The number of aliphatic hydroxyl groups excluding tert-OH is 1. The van der Waals surface area contributed by atoms with Crippen LogP contribution in [-0.4, -0.2) is 43.9 Å². The van der Waals surface area contributed by atoms with E-state index in [1.54, 1.807) is 15.8 Å². The zero-order valence-electron chi connectivity index (χ0n) is 14.7. The number of carbonyl (C=O) groups excluding carboxylic acids is 1. The third-order valence-corrected chi connectivity index (χ3v) is 4.89. The van der Waals surface area contributed by atoms with Gasteiger partial charge in [0.2, 0.25) is 0 Å². The van der Waals surface area contributed by atoms with Crippen LogP contribution in [0.3, 0.4) is 0 Å². The number of aryl methyl sites for hydroxylation is 1. The van der Waals surface area contributed by atoms with Gasteiger partial charge in [-0.3, -0.25) is 0 Å². The molecule has 0 aliphatic carbocycles. The Hall–Kier alpha value is -2.41. The summed E-state index contributed by atoms with van der Waals surface area (Å²) in [7, 11) is 1.86. The van der Waals surface area contributed by atoms with E-state index >= 15 is 0 Å². The van der Waals surface area contributed by atoms with Crippen LogP contribution in [-0.2, 0) is 7.05 Å². The van der Waals surface area contributed by atoms with Gasteiger partial charge in [-0.05, 0) is 31.2 Å². The zero-order valence-corrected chi connectivity index (χ0v) is 14.7. The summed E-state index contributed by atoms with van der Waals surface area (Å²) >= 11 is 0. The van der Waals surface area contributed by atoms with Crippen LogP contribution in [0.4, 0.5) is 4.79 Å². The number of hydrogen-bond donors (Lipinski definition) is 2. The molecule has 0 spiro atoms. The molecule has 1 saturated heterocycles. The van der Waals surface area contributed by atoms with Crippen LogP contribution in [0.1, 0.15) is 43.3 Å². The van der Waals surface area contributed by atoms with E-state index in [1.165, 1.54) is 0 Å². The Kier molecular flexibility index (Phi) is 5.33. The summed E-state index contributed by atoms with van der Waals surface area (Å²) < 4.78 is 1.80. The Morgan fingerprint density at radius 1 is 1.28 bits per heavy atom. The molecule has 0 unspecified atom stereocenters. The van der Waals surface area contributed by atoms with Crippen molar-refractivity contribution in [2.75, 3.05) is 13.1 Å². The fourth-order valence-corrected chi connectivity index (χ4v) is 3.37. The van der Waals surface area contributed by atoms with Crippen LogP contribution in [0.25, 0.3) is 0 Å². The van der Waals surface area contributed by atoms with Gasteiger partial charge < -0.3 is 19.9 Å². The molecule has 0 bridgehead atoms. The van der Waals surface area contributed by atoms with Crippen molar-refractivity contribution in [3.8, 4) is 0 Å². The van der Waals surface area contributed by atoms with Crippen LogP contribution in [0.15, 0.2) is 36.7 Å². The van der Waals surface area contributed by atoms with E-state index < -0.39 is 6.10 Å². The molecular formula is C18H25N5O2. The van der Waals surface area contributed by atoms with E-state index in [0.717, 1.165) is 24.2 Å². The van der Waals surface area contributed by atoms with E-state index in [2.05, 4.69) is 15.5 Å². The first kappa shape index (κ1) is 17.4. The van der Waals surface area contributed by atoms with Crippen molar-refractivity contribution in [3.63, 3.8) is 0 Å². The number of hydrogen-bond acceptors (Lipinski definition) is 4. The summed E-state index contributed by atoms with van der Waals surface area (Å²) in [6.45, 7) is 3.19. The van der Waals surface area contributed by atoms with Gasteiger partial charge in [-0.25, -0.2) is 4.79 Å². The van der Waals surface area contributed by atoms with Crippen molar-refractivity contribution in [2.24, 2.45) is 13.0 Å². The molecule has 134 valence electrons. The second kappa shape index (κ2) is 7.65. The summed E-state index contributed by atoms with van der Waals surface area (Å²) in [5.41, 5.74) is 0.946. The van der Waals surface area contributed by atoms with Crippen molar-refractivity contribution >= 4 is 6.03 Å². The number of nitrogens with one attached hydrogen (secondary N) is 1. The molecule has 1 aliphatic heterocycles. The topological polar surface area (TPSA) is 83.3 Å². The van der Waals surface area contributed by atoms with Gasteiger partial charge in [-0.1, -0.05) is 30.3 Å². The highest BCUT2D eigenvalue weighted by Gasteiger charge is 2.29. The highest BCUT2D eigenvalue weighted by Crippen LogP contribution is 2.30. The van der Waals surface area contributed by atoms with Gasteiger partial charge in [-0.2, -0.15) is 0 Å². The Balaban J connectivity index is 1.52. The second-order valence-electron chi connectivity index (χ2n) is 6.65. The average molecular weight is 343 g/mol. The standard InChI is InChI=1S/C18H25N5O2/c1-13(17-21-19-12-22(17)2)20-18(25)23-10-8-15(9-11-23)16(24)14-6-4-3-5-7-14/h3-7,12-13,15-16,24H,8-11H2,1-2H3,(H,20,25)/t13-,16-/m1/s1. The first-order valence-corrected chi connectivity index (χ1v) is 8.68. The molecule has 25 heavy (non-hydrogen) atoms. The quantitative estimate of drug-likeness (QED) is 0.890. The molecule has 2 aromatic rings. The van der Waals surface area contributed by atoms with Gasteiger partial charge in [0.25, 0.3) is 0 Å². The van der Waals surface area contributed by atoms with Gasteiger partial charge in [0.1, 0.15) is 6.33 Å². The van der Waals surface area contributed by atoms with Gasteiger partial charge >= 0.3 is 6.03 Å². The fourth-order valence-electron chi connectivity index (χ4n) is 3.37.